The topological polar surface area (TPSA) is 90.1 Å². The second kappa shape index (κ2) is 7.08. The van der Waals surface area contributed by atoms with Crippen molar-refractivity contribution in [1.82, 2.24) is 9.55 Å². The summed E-state index contributed by atoms with van der Waals surface area (Å²) in [6.45, 7) is 4.44. The van der Waals surface area contributed by atoms with E-state index in [1.165, 1.54) is 17.8 Å². The predicted molar refractivity (Wildman–Crippen MR) is 85.1 cm³/mol. The second-order valence-corrected chi connectivity index (χ2v) is 5.53. The van der Waals surface area contributed by atoms with Crippen LogP contribution in [0.1, 0.15) is 12.5 Å². The van der Waals surface area contributed by atoms with E-state index in [0.717, 1.165) is 11.7 Å². The molecule has 2 rings (SSSR count). The van der Waals surface area contributed by atoms with Crippen molar-refractivity contribution >= 4 is 29.0 Å². The predicted octanol–water partition coefficient (Wildman–Crippen LogP) is 2.85. The number of amides is 1. The minimum Gasteiger partial charge on any atom is -0.326 e. The van der Waals surface area contributed by atoms with Crippen LogP contribution in [0.2, 0.25) is 0 Å². The summed E-state index contributed by atoms with van der Waals surface area (Å²) in [4.78, 5) is 26.5. The molecule has 0 bridgehead atoms. The lowest BCUT2D eigenvalue weighted by Gasteiger charge is -2.07. The number of aryl methyl sites for hydroxylation is 2. The highest BCUT2D eigenvalue weighted by atomic mass is 32.2. The van der Waals surface area contributed by atoms with E-state index in [2.05, 4.69) is 10.3 Å². The third kappa shape index (κ3) is 3.85. The van der Waals surface area contributed by atoms with E-state index in [1.54, 1.807) is 25.3 Å². The molecule has 7 nitrogen and oxygen atoms in total. The monoisotopic (exact) mass is 320 g/mol. The minimum atomic E-state index is -0.461. The number of thioether (sulfide) groups is 1. The molecule has 2 aromatic rings. The van der Waals surface area contributed by atoms with Crippen molar-refractivity contribution < 1.29 is 9.72 Å². The van der Waals surface area contributed by atoms with Crippen LogP contribution in [-0.4, -0.2) is 26.1 Å². The maximum atomic E-state index is 11.9. The number of carbonyl (C=O) groups is 1. The smallest absolute Gasteiger partial charge is 0.274 e. The molecule has 1 aromatic heterocycles. The summed E-state index contributed by atoms with van der Waals surface area (Å²) in [6.07, 6.45) is 3.54. The molecule has 1 heterocycles. The van der Waals surface area contributed by atoms with E-state index in [4.69, 9.17) is 0 Å². The number of benzene rings is 1. The van der Waals surface area contributed by atoms with Gasteiger partial charge in [-0.2, -0.15) is 0 Å². The average Bonchev–Trinajstić information content (AvgIpc) is 2.94. The summed E-state index contributed by atoms with van der Waals surface area (Å²) in [6, 6.07) is 4.63. The highest BCUT2D eigenvalue weighted by molar-refractivity contribution is 7.99. The number of aromatic nitrogens is 2. The number of nitrogens with zero attached hydrogens (tertiary/aromatic N) is 3. The first-order chi connectivity index (χ1) is 10.5. The lowest BCUT2D eigenvalue weighted by atomic mass is 10.2. The Kier molecular flexibility index (Phi) is 5.16. The quantitative estimate of drug-likeness (QED) is 0.502. The zero-order valence-electron chi connectivity index (χ0n) is 12.3. The molecule has 0 spiro atoms. The third-order valence-corrected chi connectivity index (χ3v) is 4.04. The molecule has 22 heavy (non-hydrogen) atoms. The largest absolute Gasteiger partial charge is 0.326 e. The van der Waals surface area contributed by atoms with Gasteiger partial charge in [0.25, 0.3) is 5.69 Å². The van der Waals surface area contributed by atoms with Crippen molar-refractivity contribution in [3.63, 3.8) is 0 Å². The van der Waals surface area contributed by atoms with Gasteiger partial charge in [0.05, 0.1) is 10.7 Å². The molecule has 0 aliphatic carbocycles. The Morgan fingerprint density at radius 2 is 2.27 bits per heavy atom. The summed E-state index contributed by atoms with van der Waals surface area (Å²) in [5, 5.41) is 14.3. The number of nitro benzene ring substituents is 1. The Labute approximate surface area is 131 Å². The van der Waals surface area contributed by atoms with Crippen molar-refractivity contribution in [2.75, 3.05) is 11.1 Å². The van der Waals surface area contributed by atoms with Gasteiger partial charge in [0.1, 0.15) is 0 Å². The fraction of sp³-hybridized carbons (Fsp3) is 0.286. The van der Waals surface area contributed by atoms with Crippen LogP contribution in [0.15, 0.2) is 35.7 Å². The van der Waals surface area contributed by atoms with E-state index in [1.807, 2.05) is 17.7 Å². The maximum Gasteiger partial charge on any atom is 0.274 e. The van der Waals surface area contributed by atoms with Crippen LogP contribution in [0.5, 0.6) is 0 Å². The molecule has 0 aliphatic rings. The molecular weight excluding hydrogens is 304 g/mol. The molecule has 0 saturated carbocycles. The van der Waals surface area contributed by atoms with Gasteiger partial charge in [-0.15, -0.1) is 0 Å². The molecule has 0 aliphatic heterocycles. The van der Waals surface area contributed by atoms with Gasteiger partial charge in [-0.25, -0.2) is 4.98 Å². The number of hydrogen-bond donors (Lipinski definition) is 1. The summed E-state index contributed by atoms with van der Waals surface area (Å²) in [5.74, 6) is -0.0348. The van der Waals surface area contributed by atoms with Crippen LogP contribution in [-0.2, 0) is 11.3 Å². The molecule has 0 saturated heterocycles. The highest BCUT2D eigenvalue weighted by Crippen LogP contribution is 2.23. The van der Waals surface area contributed by atoms with Gasteiger partial charge in [0.2, 0.25) is 5.91 Å². The summed E-state index contributed by atoms with van der Waals surface area (Å²) >= 11 is 1.33. The lowest BCUT2D eigenvalue weighted by molar-refractivity contribution is -0.385. The lowest BCUT2D eigenvalue weighted by Crippen LogP contribution is -2.14. The molecule has 1 aromatic carbocycles. The van der Waals surface area contributed by atoms with Crippen LogP contribution >= 0.6 is 11.8 Å². The molecule has 0 atom stereocenters. The van der Waals surface area contributed by atoms with Crippen molar-refractivity contribution in [2.24, 2.45) is 0 Å². The normalized spacial score (nSPS) is 10.5. The molecule has 116 valence electrons. The van der Waals surface area contributed by atoms with Gasteiger partial charge in [0.15, 0.2) is 5.16 Å². The van der Waals surface area contributed by atoms with Crippen molar-refractivity contribution in [2.45, 2.75) is 25.5 Å². The zero-order valence-corrected chi connectivity index (χ0v) is 13.1. The summed E-state index contributed by atoms with van der Waals surface area (Å²) in [7, 11) is 0. The first kappa shape index (κ1) is 16.0. The second-order valence-electron chi connectivity index (χ2n) is 4.59. The van der Waals surface area contributed by atoms with Crippen molar-refractivity contribution in [1.29, 1.82) is 0 Å². The minimum absolute atomic E-state index is 0.00743. The van der Waals surface area contributed by atoms with E-state index >= 15 is 0 Å². The van der Waals surface area contributed by atoms with Crippen LogP contribution < -0.4 is 5.32 Å². The number of imidazole rings is 1. The van der Waals surface area contributed by atoms with Crippen LogP contribution in [0.4, 0.5) is 11.4 Å². The molecule has 8 heteroatoms. The fourth-order valence-corrected chi connectivity index (χ4v) is 2.71. The number of rotatable bonds is 6. The summed E-state index contributed by atoms with van der Waals surface area (Å²) < 4.78 is 1.94. The van der Waals surface area contributed by atoms with Crippen LogP contribution in [0.3, 0.4) is 0 Å². The Hall–Kier alpha value is -2.35. The fourth-order valence-electron chi connectivity index (χ4n) is 1.89. The van der Waals surface area contributed by atoms with Gasteiger partial charge in [0, 0.05) is 36.3 Å². The Bertz CT molecular complexity index is 699. The standard InChI is InChI=1S/C14H16N4O3S/c1-3-17-7-6-15-14(17)22-9-13(19)16-11-5-4-10(2)12(8-11)18(20)21/h4-8H,3,9H2,1-2H3,(H,16,19). The Balaban J connectivity index is 1.97. The van der Waals surface area contributed by atoms with Crippen molar-refractivity contribution in [3.8, 4) is 0 Å². The maximum absolute atomic E-state index is 11.9. The molecule has 1 amide bonds. The zero-order chi connectivity index (χ0) is 16.1. The number of anilines is 1. The van der Waals surface area contributed by atoms with E-state index in [0.29, 0.717) is 11.3 Å². The van der Waals surface area contributed by atoms with Gasteiger partial charge in [-0.1, -0.05) is 17.8 Å². The van der Waals surface area contributed by atoms with E-state index in [9.17, 15) is 14.9 Å². The first-order valence-electron chi connectivity index (χ1n) is 6.70. The SMILES string of the molecule is CCn1ccnc1SCC(=O)Nc1ccc(C)c([N+](=O)[O-])c1. The molecule has 0 fully saturated rings. The molecular formula is C14H16N4O3S. The highest BCUT2D eigenvalue weighted by Gasteiger charge is 2.13. The van der Waals surface area contributed by atoms with E-state index < -0.39 is 4.92 Å². The molecule has 0 unspecified atom stereocenters. The molecule has 0 radical (unpaired) electrons. The van der Waals surface area contributed by atoms with Crippen LogP contribution in [0.25, 0.3) is 0 Å². The average molecular weight is 320 g/mol. The van der Waals surface area contributed by atoms with Gasteiger partial charge >= 0.3 is 0 Å². The van der Waals surface area contributed by atoms with Crippen molar-refractivity contribution in [3.05, 3.63) is 46.3 Å². The van der Waals surface area contributed by atoms with Crippen LogP contribution in [0, 0.1) is 17.0 Å². The van der Waals surface area contributed by atoms with Gasteiger partial charge < -0.3 is 9.88 Å². The molecule has 1 N–H and O–H groups in total. The first-order valence-corrected chi connectivity index (χ1v) is 7.68. The third-order valence-electron chi connectivity index (χ3n) is 3.04. The van der Waals surface area contributed by atoms with Gasteiger partial charge in [-0.05, 0) is 19.9 Å². The Morgan fingerprint density at radius 3 is 2.95 bits per heavy atom. The van der Waals surface area contributed by atoms with Gasteiger partial charge in [-0.3, -0.25) is 14.9 Å². The number of hydrogen-bond acceptors (Lipinski definition) is 5. The summed E-state index contributed by atoms with van der Waals surface area (Å²) in [5.41, 5.74) is 0.969. The number of carbonyl (C=O) groups excluding carboxylic acids is 1. The Morgan fingerprint density at radius 1 is 1.50 bits per heavy atom. The number of nitrogens with one attached hydrogen (secondary N) is 1. The number of nitro groups is 1. The van der Waals surface area contributed by atoms with E-state index in [-0.39, 0.29) is 17.3 Å².